The summed E-state index contributed by atoms with van der Waals surface area (Å²) in [5.74, 6) is -1.30. The maximum absolute atomic E-state index is 12.1. The van der Waals surface area contributed by atoms with Crippen LogP contribution in [-0.2, 0) is 4.79 Å². The van der Waals surface area contributed by atoms with Crippen LogP contribution in [0.5, 0.6) is 5.75 Å². The molecule has 0 fully saturated rings. The molecule has 0 unspecified atom stereocenters. The van der Waals surface area contributed by atoms with Gasteiger partial charge in [-0.3, -0.25) is 10.1 Å². The number of aromatic carboxylic acids is 1. The highest BCUT2D eigenvalue weighted by atomic mass is 35.5. The molecule has 0 aromatic heterocycles. The van der Waals surface area contributed by atoms with Gasteiger partial charge in [0.25, 0.3) is 5.91 Å². The normalized spacial score (nSPS) is 10.3. The Kier molecular flexibility index (Phi) is 7.48. The minimum atomic E-state index is -1.25. The SMILES string of the molecule is Cc1cc(OCC(=O)NC(=S)Nc2c(Cl)cc(Cl)cc2C(=O)O)cc(C)c1Cl. The highest BCUT2D eigenvalue weighted by molar-refractivity contribution is 7.80. The molecule has 28 heavy (non-hydrogen) atoms. The lowest BCUT2D eigenvalue weighted by Crippen LogP contribution is -2.37. The van der Waals surface area contributed by atoms with Crippen molar-refractivity contribution in [1.82, 2.24) is 5.32 Å². The molecule has 0 saturated heterocycles. The van der Waals surface area contributed by atoms with Crippen LogP contribution < -0.4 is 15.4 Å². The number of hydrogen-bond donors (Lipinski definition) is 3. The molecule has 6 nitrogen and oxygen atoms in total. The summed E-state index contributed by atoms with van der Waals surface area (Å²) in [5, 5.41) is 15.0. The Morgan fingerprint density at radius 3 is 2.29 bits per heavy atom. The molecule has 1 amide bonds. The van der Waals surface area contributed by atoms with E-state index in [1.165, 1.54) is 12.1 Å². The Bertz CT molecular complexity index is 943. The Morgan fingerprint density at radius 1 is 1.11 bits per heavy atom. The number of anilines is 1. The number of carboxylic acids is 1. The lowest BCUT2D eigenvalue weighted by molar-refractivity contribution is -0.121. The molecule has 148 valence electrons. The van der Waals surface area contributed by atoms with Crippen molar-refractivity contribution in [3.05, 3.63) is 56.0 Å². The average molecular weight is 462 g/mol. The standard InChI is InChI=1S/C18H15Cl3N2O4S/c1-8-3-11(4-9(2)15(8)21)27-7-14(24)22-18(28)23-16-12(17(25)26)5-10(19)6-13(16)20/h3-6H,7H2,1-2H3,(H,25,26)(H2,22,23,24,28). The van der Waals surface area contributed by atoms with Crippen LogP contribution in [0.25, 0.3) is 0 Å². The number of carbonyl (C=O) groups excluding carboxylic acids is 1. The fourth-order valence-electron chi connectivity index (χ4n) is 2.32. The van der Waals surface area contributed by atoms with E-state index in [1.54, 1.807) is 12.1 Å². The minimum Gasteiger partial charge on any atom is -0.484 e. The molecule has 0 aliphatic rings. The number of nitrogens with one attached hydrogen (secondary N) is 2. The van der Waals surface area contributed by atoms with Gasteiger partial charge in [-0.15, -0.1) is 0 Å². The number of thiocarbonyl (C=S) groups is 1. The van der Waals surface area contributed by atoms with Crippen molar-refractivity contribution < 1.29 is 19.4 Å². The number of carbonyl (C=O) groups is 2. The molecule has 0 saturated carbocycles. The molecular formula is C18H15Cl3N2O4S. The second-order valence-corrected chi connectivity index (χ2v) is 7.41. The summed E-state index contributed by atoms with van der Waals surface area (Å²) in [6.45, 7) is 3.36. The Morgan fingerprint density at radius 2 is 1.71 bits per heavy atom. The average Bonchev–Trinajstić information content (AvgIpc) is 2.59. The van der Waals surface area contributed by atoms with Gasteiger partial charge in [0.1, 0.15) is 5.75 Å². The Balaban J connectivity index is 2.00. The molecule has 3 N–H and O–H groups in total. The molecule has 0 atom stereocenters. The number of amides is 1. The van der Waals surface area contributed by atoms with Crippen molar-refractivity contribution >= 4 is 69.7 Å². The smallest absolute Gasteiger partial charge is 0.337 e. The van der Waals surface area contributed by atoms with Crippen LogP contribution in [0.4, 0.5) is 5.69 Å². The van der Waals surface area contributed by atoms with E-state index in [0.717, 1.165) is 11.1 Å². The first-order valence-corrected chi connectivity index (χ1v) is 9.35. The summed E-state index contributed by atoms with van der Waals surface area (Å²) < 4.78 is 5.44. The molecule has 2 aromatic carbocycles. The zero-order valence-electron chi connectivity index (χ0n) is 14.7. The predicted octanol–water partition coefficient (Wildman–Crippen LogP) is 4.85. The van der Waals surface area contributed by atoms with Crippen molar-refractivity contribution in [3.63, 3.8) is 0 Å². The summed E-state index contributed by atoms with van der Waals surface area (Å²) in [7, 11) is 0. The van der Waals surface area contributed by atoms with Crippen molar-refractivity contribution in [3.8, 4) is 5.75 Å². The molecule has 0 radical (unpaired) electrons. The van der Waals surface area contributed by atoms with E-state index in [4.69, 9.17) is 51.8 Å². The van der Waals surface area contributed by atoms with Crippen molar-refractivity contribution in [2.45, 2.75) is 13.8 Å². The summed E-state index contributed by atoms with van der Waals surface area (Å²) >= 11 is 23.0. The van der Waals surface area contributed by atoms with Gasteiger partial charge in [0.15, 0.2) is 11.7 Å². The van der Waals surface area contributed by atoms with Crippen LogP contribution in [0.15, 0.2) is 24.3 Å². The molecule has 2 rings (SSSR count). The van der Waals surface area contributed by atoms with Gasteiger partial charge in [-0.2, -0.15) is 0 Å². The first-order valence-electron chi connectivity index (χ1n) is 7.81. The molecular weight excluding hydrogens is 447 g/mol. The second-order valence-electron chi connectivity index (χ2n) is 5.78. The van der Waals surface area contributed by atoms with Crippen LogP contribution in [0.3, 0.4) is 0 Å². The van der Waals surface area contributed by atoms with Gasteiger partial charge in [-0.25, -0.2) is 4.79 Å². The maximum Gasteiger partial charge on any atom is 0.337 e. The molecule has 0 heterocycles. The van der Waals surface area contributed by atoms with Crippen LogP contribution in [0.2, 0.25) is 15.1 Å². The number of aryl methyl sites for hydroxylation is 2. The number of hydrogen-bond acceptors (Lipinski definition) is 4. The summed E-state index contributed by atoms with van der Waals surface area (Å²) in [4.78, 5) is 23.4. The third kappa shape index (κ3) is 5.72. The third-order valence-corrected chi connectivity index (χ3v) is 4.87. The zero-order valence-corrected chi connectivity index (χ0v) is 17.8. The fourth-order valence-corrected chi connectivity index (χ4v) is 3.18. The molecule has 0 bridgehead atoms. The van der Waals surface area contributed by atoms with Crippen molar-refractivity contribution in [2.24, 2.45) is 0 Å². The van der Waals surface area contributed by atoms with E-state index in [9.17, 15) is 14.7 Å². The minimum absolute atomic E-state index is 0.0220. The van der Waals surface area contributed by atoms with E-state index in [0.29, 0.717) is 10.8 Å². The van der Waals surface area contributed by atoms with Gasteiger partial charge < -0.3 is 15.2 Å². The summed E-state index contributed by atoms with van der Waals surface area (Å²) in [5.41, 5.74) is 1.49. The Labute approximate surface area is 181 Å². The van der Waals surface area contributed by atoms with Crippen LogP contribution in [0, 0.1) is 13.8 Å². The third-order valence-electron chi connectivity index (χ3n) is 3.56. The topological polar surface area (TPSA) is 87.7 Å². The van der Waals surface area contributed by atoms with Crippen molar-refractivity contribution in [1.29, 1.82) is 0 Å². The Hall–Kier alpha value is -2.06. The highest BCUT2D eigenvalue weighted by Gasteiger charge is 2.17. The number of rotatable bonds is 5. The van der Waals surface area contributed by atoms with E-state index >= 15 is 0 Å². The van der Waals surface area contributed by atoms with Gasteiger partial charge in [-0.1, -0.05) is 34.8 Å². The largest absolute Gasteiger partial charge is 0.484 e. The number of benzene rings is 2. The molecule has 0 aliphatic heterocycles. The van der Waals surface area contributed by atoms with Crippen LogP contribution in [-0.4, -0.2) is 28.7 Å². The molecule has 0 spiro atoms. The first kappa shape index (κ1) is 22.2. The summed E-state index contributed by atoms with van der Waals surface area (Å²) in [6.07, 6.45) is 0. The number of ether oxygens (including phenoxy) is 1. The zero-order chi connectivity index (χ0) is 21.0. The second kappa shape index (κ2) is 9.43. The lowest BCUT2D eigenvalue weighted by atomic mass is 10.1. The quantitative estimate of drug-likeness (QED) is 0.552. The molecule has 2 aromatic rings. The monoisotopic (exact) mass is 460 g/mol. The predicted molar refractivity (Wildman–Crippen MR) is 114 cm³/mol. The highest BCUT2D eigenvalue weighted by Crippen LogP contribution is 2.30. The number of halogens is 3. The van der Waals surface area contributed by atoms with Gasteiger partial charge in [0.2, 0.25) is 0 Å². The van der Waals surface area contributed by atoms with Gasteiger partial charge in [0.05, 0.1) is 16.3 Å². The van der Waals surface area contributed by atoms with Crippen LogP contribution in [0.1, 0.15) is 21.5 Å². The van der Waals surface area contributed by atoms with E-state index in [2.05, 4.69) is 10.6 Å². The lowest BCUT2D eigenvalue weighted by Gasteiger charge is -2.14. The van der Waals surface area contributed by atoms with Crippen molar-refractivity contribution in [2.75, 3.05) is 11.9 Å². The van der Waals surface area contributed by atoms with Crippen LogP contribution >= 0.6 is 47.0 Å². The van der Waals surface area contributed by atoms with E-state index in [-0.39, 0.29) is 33.0 Å². The van der Waals surface area contributed by atoms with Gasteiger partial charge in [0, 0.05) is 10.0 Å². The first-order chi connectivity index (χ1) is 13.1. The number of carboxylic acid groups (broad SMARTS) is 1. The van der Waals surface area contributed by atoms with Gasteiger partial charge >= 0.3 is 5.97 Å². The fraction of sp³-hybridized carbons (Fsp3) is 0.167. The van der Waals surface area contributed by atoms with E-state index < -0.39 is 11.9 Å². The van der Waals surface area contributed by atoms with Gasteiger partial charge in [-0.05, 0) is 61.5 Å². The molecule has 10 heteroatoms. The molecule has 0 aliphatic carbocycles. The van der Waals surface area contributed by atoms with E-state index in [1.807, 2.05) is 13.8 Å². The summed E-state index contributed by atoms with van der Waals surface area (Å²) in [6, 6.07) is 6.01. The maximum atomic E-state index is 12.1.